The highest BCUT2D eigenvalue weighted by Gasteiger charge is 2.14. The predicted octanol–water partition coefficient (Wildman–Crippen LogP) is 2.73. The van der Waals surface area contributed by atoms with Gasteiger partial charge in [-0.1, -0.05) is 6.92 Å². The van der Waals surface area contributed by atoms with Gasteiger partial charge in [-0.2, -0.15) is 0 Å². The van der Waals surface area contributed by atoms with E-state index >= 15 is 0 Å². The fraction of sp³-hybridized carbons (Fsp3) is 0.733. The van der Waals surface area contributed by atoms with E-state index in [-0.39, 0.29) is 6.04 Å². The van der Waals surface area contributed by atoms with Gasteiger partial charge in [0.15, 0.2) is 0 Å². The molecule has 1 saturated heterocycles. The highest BCUT2D eigenvalue weighted by molar-refractivity contribution is 5.08. The minimum atomic E-state index is 0.289. The first-order chi connectivity index (χ1) is 8.79. The Hall–Kier alpha value is -0.800. The fourth-order valence-electron chi connectivity index (χ4n) is 2.63. The monoisotopic (exact) mass is 250 g/mol. The van der Waals surface area contributed by atoms with Crippen molar-refractivity contribution < 1.29 is 4.74 Å². The van der Waals surface area contributed by atoms with Crippen LogP contribution in [-0.2, 0) is 17.7 Å². The second-order valence-corrected chi connectivity index (χ2v) is 5.34. The molecule has 2 rings (SSSR count). The van der Waals surface area contributed by atoms with Crippen LogP contribution in [0, 0.1) is 0 Å². The Labute approximate surface area is 110 Å². The first-order valence-corrected chi connectivity index (χ1v) is 7.30. The zero-order valence-corrected chi connectivity index (χ0v) is 11.5. The number of aryl methyl sites for hydroxylation is 1. The van der Waals surface area contributed by atoms with Gasteiger partial charge in [-0.05, 0) is 44.2 Å². The summed E-state index contributed by atoms with van der Waals surface area (Å²) in [6.07, 6.45) is 9.61. The minimum absolute atomic E-state index is 0.289. The number of aromatic nitrogens is 1. The number of hydrogen-bond acceptors (Lipinski definition) is 2. The average molecular weight is 250 g/mol. The Kier molecular flexibility index (Phi) is 5.26. The van der Waals surface area contributed by atoms with Crippen molar-refractivity contribution >= 4 is 0 Å². The Morgan fingerprint density at radius 1 is 1.56 bits per heavy atom. The standard InChI is InChI=1S/C15H26N2O/c1-2-13(16)12-14-6-3-9-17(14)10-4-7-15-8-5-11-18-15/h3,6,9,13,15H,2,4-5,7-8,10-12,16H2,1H3. The molecule has 18 heavy (non-hydrogen) atoms. The van der Waals surface area contributed by atoms with Crippen LogP contribution in [0.3, 0.4) is 0 Å². The van der Waals surface area contributed by atoms with E-state index < -0.39 is 0 Å². The second-order valence-electron chi connectivity index (χ2n) is 5.34. The van der Waals surface area contributed by atoms with Gasteiger partial charge in [0.1, 0.15) is 0 Å². The smallest absolute Gasteiger partial charge is 0.0576 e. The number of hydrogen-bond donors (Lipinski definition) is 1. The second kappa shape index (κ2) is 6.95. The molecule has 2 unspecified atom stereocenters. The maximum Gasteiger partial charge on any atom is 0.0576 e. The summed E-state index contributed by atoms with van der Waals surface area (Å²) in [6, 6.07) is 4.61. The zero-order chi connectivity index (χ0) is 12.8. The Balaban J connectivity index is 1.76. The summed E-state index contributed by atoms with van der Waals surface area (Å²) >= 11 is 0. The third-order valence-corrected chi connectivity index (χ3v) is 3.87. The van der Waals surface area contributed by atoms with E-state index in [2.05, 4.69) is 29.8 Å². The van der Waals surface area contributed by atoms with Gasteiger partial charge in [0.2, 0.25) is 0 Å². The lowest BCUT2D eigenvalue weighted by Gasteiger charge is -2.14. The van der Waals surface area contributed by atoms with Crippen LogP contribution >= 0.6 is 0 Å². The van der Waals surface area contributed by atoms with Crippen LogP contribution in [0.15, 0.2) is 18.3 Å². The van der Waals surface area contributed by atoms with Crippen LogP contribution in [0.1, 0.15) is 44.7 Å². The summed E-state index contributed by atoms with van der Waals surface area (Å²) in [5.74, 6) is 0. The first-order valence-electron chi connectivity index (χ1n) is 7.30. The maximum absolute atomic E-state index is 6.03. The van der Waals surface area contributed by atoms with Crippen molar-refractivity contribution in [3.05, 3.63) is 24.0 Å². The topological polar surface area (TPSA) is 40.2 Å². The molecule has 0 aliphatic carbocycles. The van der Waals surface area contributed by atoms with Gasteiger partial charge in [0.25, 0.3) is 0 Å². The van der Waals surface area contributed by atoms with E-state index in [9.17, 15) is 0 Å². The fourth-order valence-corrected chi connectivity index (χ4v) is 2.63. The molecular weight excluding hydrogens is 224 g/mol. The van der Waals surface area contributed by atoms with Gasteiger partial charge < -0.3 is 15.0 Å². The third kappa shape index (κ3) is 3.85. The third-order valence-electron chi connectivity index (χ3n) is 3.87. The van der Waals surface area contributed by atoms with Crippen LogP contribution in [0.4, 0.5) is 0 Å². The lowest BCUT2D eigenvalue weighted by atomic mass is 10.1. The first kappa shape index (κ1) is 13.6. The van der Waals surface area contributed by atoms with Gasteiger partial charge >= 0.3 is 0 Å². The molecule has 3 nitrogen and oxygen atoms in total. The molecule has 1 aromatic rings. The van der Waals surface area contributed by atoms with E-state index in [1.54, 1.807) is 0 Å². The predicted molar refractivity (Wildman–Crippen MR) is 74.6 cm³/mol. The van der Waals surface area contributed by atoms with E-state index in [1.165, 1.54) is 31.4 Å². The lowest BCUT2D eigenvalue weighted by Crippen LogP contribution is -2.23. The molecule has 2 atom stereocenters. The van der Waals surface area contributed by atoms with E-state index in [1.807, 2.05) is 0 Å². The largest absolute Gasteiger partial charge is 0.378 e. The summed E-state index contributed by atoms with van der Waals surface area (Å²) in [6.45, 7) is 4.21. The molecule has 1 fully saturated rings. The van der Waals surface area contributed by atoms with Crippen LogP contribution in [-0.4, -0.2) is 23.3 Å². The van der Waals surface area contributed by atoms with Crippen molar-refractivity contribution in [2.45, 2.75) is 64.1 Å². The quantitative estimate of drug-likeness (QED) is 0.808. The molecule has 0 saturated carbocycles. The molecule has 2 heterocycles. The molecule has 0 radical (unpaired) electrons. The van der Waals surface area contributed by atoms with Crippen molar-refractivity contribution in [2.75, 3.05) is 6.61 Å². The number of nitrogens with two attached hydrogens (primary N) is 1. The van der Waals surface area contributed by atoms with Crippen LogP contribution < -0.4 is 5.73 Å². The minimum Gasteiger partial charge on any atom is -0.378 e. The molecular formula is C15H26N2O. The Morgan fingerprint density at radius 3 is 3.17 bits per heavy atom. The zero-order valence-electron chi connectivity index (χ0n) is 11.5. The number of ether oxygens (including phenoxy) is 1. The summed E-state index contributed by atoms with van der Waals surface area (Å²) in [7, 11) is 0. The molecule has 0 spiro atoms. The van der Waals surface area contributed by atoms with Crippen molar-refractivity contribution in [3.63, 3.8) is 0 Å². The normalized spacial score (nSPS) is 21.3. The molecule has 0 aromatic carbocycles. The Morgan fingerprint density at radius 2 is 2.44 bits per heavy atom. The summed E-state index contributed by atoms with van der Waals surface area (Å²) in [5.41, 5.74) is 7.40. The molecule has 3 heteroatoms. The molecule has 0 amide bonds. The highest BCUT2D eigenvalue weighted by Crippen LogP contribution is 2.17. The highest BCUT2D eigenvalue weighted by atomic mass is 16.5. The molecule has 1 aliphatic rings. The SMILES string of the molecule is CCC(N)Cc1cccn1CCCC1CCCO1. The number of nitrogens with zero attached hydrogens (tertiary/aromatic N) is 1. The van der Waals surface area contributed by atoms with Crippen molar-refractivity contribution in [1.82, 2.24) is 4.57 Å². The van der Waals surface area contributed by atoms with Gasteiger partial charge in [-0.25, -0.2) is 0 Å². The van der Waals surface area contributed by atoms with Gasteiger partial charge in [0, 0.05) is 37.5 Å². The summed E-state index contributed by atoms with van der Waals surface area (Å²) in [5, 5.41) is 0. The van der Waals surface area contributed by atoms with E-state index in [0.29, 0.717) is 6.10 Å². The summed E-state index contributed by atoms with van der Waals surface area (Å²) < 4.78 is 8.01. The number of rotatable bonds is 7. The van der Waals surface area contributed by atoms with Crippen LogP contribution in [0.2, 0.25) is 0 Å². The van der Waals surface area contributed by atoms with Crippen molar-refractivity contribution in [2.24, 2.45) is 5.73 Å². The molecule has 1 aliphatic heterocycles. The molecule has 0 bridgehead atoms. The molecule has 2 N–H and O–H groups in total. The van der Waals surface area contributed by atoms with Gasteiger partial charge in [-0.3, -0.25) is 0 Å². The van der Waals surface area contributed by atoms with Gasteiger partial charge in [0.05, 0.1) is 6.10 Å². The lowest BCUT2D eigenvalue weighted by molar-refractivity contribution is 0.101. The maximum atomic E-state index is 6.03. The Bertz CT molecular complexity index is 342. The van der Waals surface area contributed by atoms with E-state index in [0.717, 1.165) is 26.0 Å². The van der Waals surface area contributed by atoms with E-state index in [4.69, 9.17) is 10.5 Å². The van der Waals surface area contributed by atoms with Crippen LogP contribution in [0.25, 0.3) is 0 Å². The van der Waals surface area contributed by atoms with Crippen molar-refractivity contribution in [3.8, 4) is 0 Å². The molecule has 102 valence electrons. The van der Waals surface area contributed by atoms with Crippen molar-refractivity contribution in [1.29, 1.82) is 0 Å². The summed E-state index contributed by atoms with van der Waals surface area (Å²) in [4.78, 5) is 0. The van der Waals surface area contributed by atoms with Crippen LogP contribution in [0.5, 0.6) is 0 Å². The molecule has 1 aromatic heterocycles. The van der Waals surface area contributed by atoms with Gasteiger partial charge in [-0.15, -0.1) is 0 Å². The average Bonchev–Trinajstić information content (AvgIpc) is 3.01.